The summed E-state index contributed by atoms with van der Waals surface area (Å²) < 4.78 is 0. The van der Waals surface area contributed by atoms with E-state index in [0.29, 0.717) is 5.56 Å². The molecule has 120 valence electrons. The Kier molecular flexibility index (Phi) is 4.76. The summed E-state index contributed by atoms with van der Waals surface area (Å²) in [6.07, 6.45) is 0. The molecule has 0 aliphatic rings. The van der Waals surface area contributed by atoms with Crippen LogP contribution in [0.2, 0.25) is 0 Å². The second kappa shape index (κ2) is 7.14. The van der Waals surface area contributed by atoms with E-state index in [0.717, 1.165) is 22.3 Å². The van der Waals surface area contributed by atoms with Gasteiger partial charge >= 0.3 is 0 Å². The first kappa shape index (κ1) is 16.0. The van der Waals surface area contributed by atoms with Crippen LogP contribution >= 0.6 is 0 Å². The van der Waals surface area contributed by atoms with Gasteiger partial charge in [-0.3, -0.25) is 4.79 Å². The predicted molar refractivity (Wildman–Crippen MR) is 98.1 cm³/mol. The highest BCUT2D eigenvalue weighted by atomic mass is 16.1. The van der Waals surface area contributed by atoms with Crippen LogP contribution in [0.25, 0.3) is 0 Å². The zero-order valence-corrected chi connectivity index (χ0v) is 14.0. The quantitative estimate of drug-likeness (QED) is 0.734. The molecule has 3 rings (SSSR count). The molecule has 2 nitrogen and oxygen atoms in total. The van der Waals surface area contributed by atoms with E-state index in [4.69, 9.17) is 0 Å². The van der Waals surface area contributed by atoms with Gasteiger partial charge in [-0.15, -0.1) is 0 Å². The summed E-state index contributed by atoms with van der Waals surface area (Å²) in [5.74, 6) is -0.0629. The largest absolute Gasteiger partial charge is 0.341 e. The van der Waals surface area contributed by atoms with Crippen molar-refractivity contribution in [3.8, 4) is 0 Å². The second-order valence-electron chi connectivity index (χ2n) is 6.04. The lowest BCUT2D eigenvalue weighted by molar-refractivity contribution is 0.0943. The molecule has 0 aliphatic heterocycles. The van der Waals surface area contributed by atoms with E-state index in [1.165, 1.54) is 0 Å². The van der Waals surface area contributed by atoms with Crippen LogP contribution in [0.4, 0.5) is 0 Å². The smallest absolute Gasteiger partial charge is 0.252 e. The highest BCUT2D eigenvalue weighted by molar-refractivity contribution is 5.94. The number of nitrogens with one attached hydrogen (secondary N) is 1. The van der Waals surface area contributed by atoms with Crippen molar-refractivity contribution < 1.29 is 4.79 Å². The maximum Gasteiger partial charge on any atom is 0.252 e. The number of amides is 1. The molecule has 3 aromatic rings. The van der Waals surface area contributed by atoms with Crippen molar-refractivity contribution in [2.24, 2.45) is 0 Å². The standard InChI is InChI=1S/C22H21NO/c1-16-12-14-19(15-13-16)22(24)23-21(18-9-4-3-5-10-18)20-11-7-6-8-17(20)2/h3-15,21H,1-2H3,(H,23,24). The minimum Gasteiger partial charge on any atom is -0.341 e. The minimum absolute atomic E-state index is 0.0629. The minimum atomic E-state index is -0.166. The van der Waals surface area contributed by atoms with Gasteiger partial charge in [-0.25, -0.2) is 0 Å². The molecule has 1 unspecified atom stereocenters. The third-order valence-corrected chi connectivity index (χ3v) is 4.22. The highest BCUT2D eigenvalue weighted by Crippen LogP contribution is 2.25. The van der Waals surface area contributed by atoms with E-state index in [-0.39, 0.29) is 11.9 Å². The number of hydrogen-bond donors (Lipinski definition) is 1. The zero-order chi connectivity index (χ0) is 16.9. The zero-order valence-electron chi connectivity index (χ0n) is 14.0. The van der Waals surface area contributed by atoms with Crippen LogP contribution in [0, 0.1) is 13.8 Å². The Morgan fingerprint density at radius 3 is 2.08 bits per heavy atom. The maximum atomic E-state index is 12.7. The van der Waals surface area contributed by atoms with Gasteiger partial charge in [0, 0.05) is 5.56 Å². The average molecular weight is 315 g/mol. The molecule has 0 spiro atoms. The van der Waals surface area contributed by atoms with Gasteiger partial charge < -0.3 is 5.32 Å². The van der Waals surface area contributed by atoms with E-state index in [1.807, 2.05) is 73.7 Å². The molecular formula is C22H21NO. The average Bonchev–Trinajstić information content (AvgIpc) is 2.61. The summed E-state index contributed by atoms with van der Waals surface area (Å²) in [4.78, 5) is 12.7. The van der Waals surface area contributed by atoms with Crippen LogP contribution < -0.4 is 5.32 Å². The molecule has 24 heavy (non-hydrogen) atoms. The second-order valence-corrected chi connectivity index (χ2v) is 6.04. The van der Waals surface area contributed by atoms with Gasteiger partial charge in [0.15, 0.2) is 0 Å². The molecule has 0 aliphatic carbocycles. The van der Waals surface area contributed by atoms with Crippen molar-refractivity contribution in [3.05, 3.63) is 107 Å². The molecule has 3 aromatic carbocycles. The van der Waals surface area contributed by atoms with Gasteiger partial charge in [-0.2, -0.15) is 0 Å². The van der Waals surface area contributed by atoms with Crippen LogP contribution in [-0.2, 0) is 0 Å². The number of carbonyl (C=O) groups excluding carboxylic acids is 1. The van der Waals surface area contributed by atoms with Gasteiger partial charge in [0.25, 0.3) is 5.91 Å². The summed E-state index contributed by atoms with van der Waals surface area (Å²) in [6, 6.07) is 25.7. The van der Waals surface area contributed by atoms with E-state index in [2.05, 4.69) is 24.4 Å². The Bertz CT molecular complexity index is 822. The highest BCUT2D eigenvalue weighted by Gasteiger charge is 2.19. The molecule has 0 saturated carbocycles. The molecule has 2 heteroatoms. The monoisotopic (exact) mass is 315 g/mol. The van der Waals surface area contributed by atoms with Crippen molar-refractivity contribution in [3.63, 3.8) is 0 Å². The fourth-order valence-electron chi connectivity index (χ4n) is 2.82. The lowest BCUT2D eigenvalue weighted by Crippen LogP contribution is -2.29. The Morgan fingerprint density at radius 1 is 0.792 bits per heavy atom. The summed E-state index contributed by atoms with van der Waals surface area (Å²) in [5.41, 5.74) is 5.17. The van der Waals surface area contributed by atoms with E-state index >= 15 is 0 Å². The number of benzene rings is 3. The van der Waals surface area contributed by atoms with Gasteiger partial charge in [-0.1, -0.05) is 72.3 Å². The topological polar surface area (TPSA) is 29.1 Å². The van der Waals surface area contributed by atoms with Crippen LogP contribution in [0.1, 0.15) is 38.7 Å². The fourth-order valence-corrected chi connectivity index (χ4v) is 2.82. The molecular weight excluding hydrogens is 294 g/mol. The molecule has 0 bridgehead atoms. The van der Waals surface area contributed by atoms with Crippen LogP contribution in [0.15, 0.2) is 78.9 Å². The van der Waals surface area contributed by atoms with E-state index < -0.39 is 0 Å². The van der Waals surface area contributed by atoms with Gasteiger partial charge in [0.2, 0.25) is 0 Å². The lowest BCUT2D eigenvalue weighted by Gasteiger charge is -2.21. The van der Waals surface area contributed by atoms with Gasteiger partial charge in [0.1, 0.15) is 0 Å². The SMILES string of the molecule is Cc1ccc(C(=O)NC(c2ccccc2)c2ccccc2C)cc1. The molecule has 1 N–H and O–H groups in total. The third kappa shape index (κ3) is 3.54. The molecule has 1 atom stereocenters. The normalized spacial score (nSPS) is 11.8. The Labute approximate surface area is 143 Å². The van der Waals surface area contributed by atoms with E-state index in [9.17, 15) is 4.79 Å². The van der Waals surface area contributed by atoms with Crippen molar-refractivity contribution in [2.75, 3.05) is 0 Å². The maximum absolute atomic E-state index is 12.7. The number of hydrogen-bond acceptors (Lipinski definition) is 1. The summed E-state index contributed by atoms with van der Waals surface area (Å²) >= 11 is 0. The molecule has 0 fully saturated rings. The predicted octanol–water partition coefficient (Wildman–Crippen LogP) is 4.82. The Morgan fingerprint density at radius 2 is 1.42 bits per heavy atom. The lowest BCUT2D eigenvalue weighted by atomic mass is 9.94. The van der Waals surface area contributed by atoms with Gasteiger partial charge in [0.05, 0.1) is 6.04 Å². The van der Waals surface area contributed by atoms with Crippen LogP contribution in [-0.4, -0.2) is 5.91 Å². The first-order chi connectivity index (χ1) is 11.6. The summed E-state index contributed by atoms with van der Waals surface area (Å²) in [5, 5.41) is 3.19. The molecule has 0 radical (unpaired) electrons. The molecule has 1 amide bonds. The number of carbonyl (C=O) groups is 1. The van der Waals surface area contributed by atoms with Gasteiger partial charge in [-0.05, 0) is 42.7 Å². The third-order valence-electron chi connectivity index (χ3n) is 4.22. The van der Waals surface area contributed by atoms with Crippen molar-refractivity contribution in [1.29, 1.82) is 0 Å². The summed E-state index contributed by atoms with van der Waals surface area (Å²) in [7, 11) is 0. The van der Waals surface area contributed by atoms with Crippen molar-refractivity contribution in [1.82, 2.24) is 5.32 Å². The van der Waals surface area contributed by atoms with E-state index in [1.54, 1.807) is 0 Å². The number of aryl methyl sites for hydroxylation is 2. The summed E-state index contributed by atoms with van der Waals surface area (Å²) in [6.45, 7) is 4.09. The van der Waals surface area contributed by atoms with Crippen molar-refractivity contribution in [2.45, 2.75) is 19.9 Å². The van der Waals surface area contributed by atoms with Crippen LogP contribution in [0.3, 0.4) is 0 Å². The molecule has 0 heterocycles. The fraction of sp³-hybridized carbons (Fsp3) is 0.136. The van der Waals surface area contributed by atoms with Crippen molar-refractivity contribution >= 4 is 5.91 Å². The Balaban J connectivity index is 1.95. The molecule has 0 saturated heterocycles. The van der Waals surface area contributed by atoms with Crippen LogP contribution in [0.5, 0.6) is 0 Å². The first-order valence-corrected chi connectivity index (χ1v) is 8.13. The molecule has 0 aromatic heterocycles. The number of rotatable bonds is 4. The first-order valence-electron chi connectivity index (χ1n) is 8.13. The Hall–Kier alpha value is -2.87.